The Hall–Kier alpha value is -2.64. The van der Waals surface area contributed by atoms with Crippen LogP contribution in [0.1, 0.15) is 35.2 Å². The molecule has 1 aliphatic heterocycles. The Kier molecular flexibility index (Phi) is 4.87. The summed E-state index contributed by atoms with van der Waals surface area (Å²) in [6.07, 6.45) is 4.87. The van der Waals surface area contributed by atoms with Gasteiger partial charge in [-0.15, -0.1) is 0 Å². The van der Waals surface area contributed by atoms with E-state index in [1.165, 1.54) is 0 Å². The van der Waals surface area contributed by atoms with Crippen LogP contribution in [0.25, 0.3) is 0 Å². The Bertz CT molecular complexity index is 908. The maximum Gasteiger partial charge on any atom is 0.346 e. The first-order chi connectivity index (χ1) is 14.6. The first-order valence-corrected chi connectivity index (χ1v) is 10.5. The van der Waals surface area contributed by atoms with Crippen molar-refractivity contribution >= 4 is 11.8 Å². The van der Waals surface area contributed by atoms with Crippen LogP contribution in [0.15, 0.2) is 42.6 Å². The minimum absolute atomic E-state index is 0.00608. The number of hydrogen-bond donors (Lipinski definition) is 1. The lowest BCUT2D eigenvalue weighted by Crippen LogP contribution is -2.82. The topological polar surface area (TPSA) is 72.9 Å². The maximum atomic E-state index is 12.9. The smallest absolute Gasteiger partial charge is 0.346 e. The second-order valence-corrected chi connectivity index (χ2v) is 8.56. The molecule has 1 aromatic carbocycles. The van der Waals surface area contributed by atoms with Crippen LogP contribution in [0.2, 0.25) is 0 Å². The molecule has 0 amide bonds. The van der Waals surface area contributed by atoms with Gasteiger partial charge in [-0.25, -0.2) is 9.78 Å². The van der Waals surface area contributed by atoms with Crippen molar-refractivity contribution in [1.82, 2.24) is 9.88 Å². The van der Waals surface area contributed by atoms with Gasteiger partial charge in [0.05, 0.1) is 20.3 Å². The van der Waals surface area contributed by atoms with Gasteiger partial charge in [-0.2, -0.15) is 0 Å². The predicted octanol–water partition coefficient (Wildman–Crippen LogP) is 2.87. The molecule has 7 heteroatoms. The van der Waals surface area contributed by atoms with E-state index < -0.39 is 5.97 Å². The molecule has 1 saturated heterocycles. The van der Waals surface area contributed by atoms with Crippen molar-refractivity contribution in [2.45, 2.75) is 36.9 Å². The van der Waals surface area contributed by atoms with Gasteiger partial charge in [0, 0.05) is 30.4 Å². The summed E-state index contributed by atoms with van der Waals surface area (Å²) in [6, 6.07) is 11.3. The van der Waals surface area contributed by atoms with Crippen molar-refractivity contribution in [3.63, 3.8) is 0 Å². The molecule has 0 radical (unpaired) electrons. The van der Waals surface area contributed by atoms with Crippen molar-refractivity contribution in [2.75, 3.05) is 38.7 Å². The van der Waals surface area contributed by atoms with Crippen LogP contribution < -0.4 is 10.1 Å². The predicted molar refractivity (Wildman–Crippen MR) is 112 cm³/mol. The molecule has 0 unspecified atom stereocenters. The number of ether oxygens (including phenoxy) is 3. The highest BCUT2D eigenvalue weighted by Gasteiger charge is 2.70. The van der Waals surface area contributed by atoms with Crippen LogP contribution in [-0.4, -0.2) is 60.3 Å². The first kappa shape index (κ1) is 19.3. The lowest BCUT2D eigenvalue weighted by Gasteiger charge is -2.74. The van der Waals surface area contributed by atoms with Gasteiger partial charge >= 0.3 is 5.97 Å². The number of hydrogen-bond acceptors (Lipinski definition) is 7. The van der Waals surface area contributed by atoms with Crippen LogP contribution in [-0.2, 0) is 16.1 Å². The van der Waals surface area contributed by atoms with Gasteiger partial charge in [0.1, 0.15) is 23.7 Å². The molecule has 0 spiro atoms. The molecule has 3 aliphatic carbocycles. The third-order valence-corrected chi connectivity index (χ3v) is 6.62. The fraction of sp³-hybridized carbons (Fsp3) is 0.478. The van der Waals surface area contributed by atoms with Gasteiger partial charge in [0.2, 0.25) is 0 Å². The van der Waals surface area contributed by atoms with Gasteiger partial charge in [0.15, 0.2) is 0 Å². The number of rotatable bonds is 7. The summed E-state index contributed by atoms with van der Waals surface area (Å²) in [5, 5.41) is 3.56. The zero-order valence-electron chi connectivity index (χ0n) is 17.2. The summed E-state index contributed by atoms with van der Waals surface area (Å²) in [7, 11) is 1.56. The molecule has 1 N–H and O–H groups in total. The van der Waals surface area contributed by atoms with Crippen molar-refractivity contribution < 1.29 is 19.0 Å². The largest absolute Gasteiger partial charge is 0.496 e. The van der Waals surface area contributed by atoms with E-state index in [1.54, 1.807) is 19.4 Å². The van der Waals surface area contributed by atoms with Crippen LogP contribution in [0.4, 0.5) is 5.82 Å². The van der Waals surface area contributed by atoms with E-state index in [4.69, 9.17) is 14.2 Å². The minimum atomic E-state index is -0.430. The molecular weight excluding hydrogens is 382 g/mol. The summed E-state index contributed by atoms with van der Waals surface area (Å²) in [4.78, 5) is 20.0. The van der Waals surface area contributed by atoms with Gasteiger partial charge in [-0.3, -0.25) is 4.90 Å². The number of nitrogens with zero attached hydrogens (tertiary/aromatic N) is 2. The average Bonchev–Trinajstić information content (AvgIpc) is 2.74. The molecule has 1 aromatic heterocycles. The quantitative estimate of drug-likeness (QED) is 0.705. The molecular formula is C23H27N3O4. The molecule has 4 aliphatic rings. The molecule has 30 heavy (non-hydrogen) atoms. The van der Waals surface area contributed by atoms with Crippen LogP contribution in [0, 0.1) is 0 Å². The van der Waals surface area contributed by atoms with Crippen molar-refractivity contribution in [3.8, 4) is 5.75 Å². The highest BCUT2D eigenvalue weighted by molar-refractivity contribution is 5.97. The minimum Gasteiger partial charge on any atom is -0.496 e. The monoisotopic (exact) mass is 409 g/mol. The highest BCUT2D eigenvalue weighted by atomic mass is 16.5. The number of methoxy groups -OCH3 is 1. The van der Waals surface area contributed by atoms with E-state index >= 15 is 0 Å². The van der Waals surface area contributed by atoms with Crippen LogP contribution in [0.5, 0.6) is 5.75 Å². The van der Waals surface area contributed by atoms with Gasteiger partial charge in [-0.05, 0) is 30.9 Å². The van der Waals surface area contributed by atoms with Crippen LogP contribution >= 0.6 is 0 Å². The highest BCUT2D eigenvalue weighted by Crippen LogP contribution is 2.65. The van der Waals surface area contributed by atoms with E-state index in [-0.39, 0.29) is 12.1 Å². The average molecular weight is 409 g/mol. The number of esters is 1. The lowest BCUT2D eigenvalue weighted by molar-refractivity contribution is -0.172. The number of carbonyl (C=O) groups is 1. The summed E-state index contributed by atoms with van der Waals surface area (Å²) >= 11 is 0. The van der Waals surface area contributed by atoms with Crippen molar-refractivity contribution in [1.29, 1.82) is 0 Å². The molecule has 2 heterocycles. The van der Waals surface area contributed by atoms with Crippen molar-refractivity contribution in [2.24, 2.45) is 0 Å². The summed E-state index contributed by atoms with van der Waals surface area (Å²) in [5.74, 6) is 0.587. The zero-order chi connectivity index (χ0) is 20.6. The van der Waals surface area contributed by atoms with E-state index in [2.05, 4.69) is 15.2 Å². The number of anilines is 1. The van der Waals surface area contributed by atoms with E-state index in [1.807, 2.05) is 30.3 Å². The second-order valence-electron chi connectivity index (χ2n) is 8.56. The van der Waals surface area contributed by atoms with E-state index in [9.17, 15) is 4.79 Å². The number of carbonyl (C=O) groups excluding carboxylic acids is 1. The Morgan fingerprint density at radius 2 is 1.90 bits per heavy atom. The molecule has 158 valence electrons. The van der Waals surface area contributed by atoms with E-state index in [0.717, 1.165) is 51.1 Å². The third-order valence-electron chi connectivity index (χ3n) is 6.62. The molecule has 7 nitrogen and oxygen atoms in total. The maximum absolute atomic E-state index is 12.9. The number of pyridine rings is 1. The summed E-state index contributed by atoms with van der Waals surface area (Å²) in [5.41, 5.74) is 1.60. The van der Waals surface area contributed by atoms with Crippen molar-refractivity contribution in [3.05, 3.63) is 53.7 Å². The molecule has 4 fully saturated rings. The zero-order valence-corrected chi connectivity index (χ0v) is 17.2. The third kappa shape index (κ3) is 3.32. The number of morpholine rings is 1. The second kappa shape index (κ2) is 7.56. The Labute approximate surface area is 176 Å². The molecule has 6 rings (SSSR count). The molecule has 3 saturated carbocycles. The first-order valence-electron chi connectivity index (χ1n) is 10.5. The van der Waals surface area contributed by atoms with Gasteiger partial charge in [-0.1, -0.05) is 30.3 Å². The normalized spacial score (nSPS) is 27.5. The van der Waals surface area contributed by atoms with Crippen LogP contribution in [0.3, 0.4) is 0 Å². The Morgan fingerprint density at radius 1 is 1.17 bits per heavy atom. The Morgan fingerprint density at radius 3 is 2.60 bits per heavy atom. The Balaban J connectivity index is 1.29. The fourth-order valence-electron chi connectivity index (χ4n) is 5.19. The number of nitrogens with one attached hydrogen (secondary N) is 1. The molecule has 0 atom stereocenters. The fourth-order valence-corrected chi connectivity index (χ4v) is 5.19. The summed E-state index contributed by atoms with van der Waals surface area (Å²) < 4.78 is 16.5. The molecule has 2 bridgehead atoms. The van der Waals surface area contributed by atoms with Gasteiger partial charge < -0.3 is 19.5 Å². The lowest BCUT2D eigenvalue weighted by atomic mass is 9.43. The molecule has 2 aromatic rings. The SMILES string of the molecule is COc1ccnc(NC23CC(N4CCOCC4)(C2)C3)c1C(=O)OCc1ccccc1. The van der Waals surface area contributed by atoms with Gasteiger partial charge in [0.25, 0.3) is 0 Å². The standard InChI is InChI=1S/C23H27N3O4/c1-28-18-7-8-24-20(19(18)21(27)30-13-17-5-3-2-4-6-17)25-22-14-23(15-22,16-22)26-9-11-29-12-10-26/h2-8H,9-16H2,1H3,(H,24,25). The van der Waals surface area contributed by atoms with E-state index in [0.29, 0.717) is 22.7 Å². The number of aromatic nitrogens is 1. The summed E-state index contributed by atoms with van der Waals surface area (Å²) in [6.45, 7) is 3.85. The number of benzene rings is 1.